The van der Waals surface area contributed by atoms with Crippen molar-refractivity contribution in [2.24, 2.45) is 17.8 Å². The molecule has 3 N–H and O–H groups in total. The number of para-hydroxylation sites is 3. The number of likely N-dealkylation sites (tertiary alicyclic amines) is 2. The number of nitrogens with zero attached hydrogens (tertiary/aromatic N) is 10. The van der Waals surface area contributed by atoms with Gasteiger partial charge in [-0.2, -0.15) is 15.3 Å². The van der Waals surface area contributed by atoms with Gasteiger partial charge in [0, 0.05) is 17.8 Å². The van der Waals surface area contributed by atoms with Crippen molar-refractivity contribution >= 4 is 34.4 Å². The first-order valence-corrected chi connectivity index (χ1v) is 23.4. The first-order valence-electron chi connectivity index (χ1n) is 23.4. The first-order chi connectivity index (χ1) is 33.3. The van der Waals surface area contributed by atoms with Gasteiger partial charge in [-0.1, -0.05) is 54.6 Å². The molecule has 0 amide bonds. The van der Waals surface area contributed by atoms with Crippen LogP contribution in [0.4, 0.5) is 17.1 Å². The van der Waals surface area contributed by atoms with Crippen LogP contribution in [-0.2, 0) is 33.6 Å². The molecule has 362 valence electrons. The van der Waals surface area contributed by atoms with Gasteiger partial charge in [0.25, 0.3) is 0 Å². The highest BCUT2D eigenvalue weighted by Gasteiger charge is 2.30. The number of rotatable bonds is 14. The van der Waals surface area contributed by atoms with Crippen molar-refractivity contribution in [2.45, 2.75) is 57.8 Å². The molecule has 3 fully saturated rings. The number of ketones is 3. The van der Waals surface area contributed by atoms with Gasteiger partial charge in [-0.25, -0.2) is 14.0 Å². The van der Waals surface area contributed by atoms with Crippen molar-refractivity contribution in [3.05, 3.63) is 147 Å². The molecule has 0 bridgehead atoms. The van der Waals surface area contributed by atoms with E-state index in [9.17, 15) is 34.6 Å². The molecule has 3 aliphatic heterocycles. The topological polar surface area (TPSA) is 235 Å². The maximum absolute atomic E-state index is 12.5. The summed E-state index contributed by atoms with van der Waals surface area (Å²) in [7, 11) is 4.13. The lowest BCUT2D eigenvalue weighted by Gasteiger charge is -2.27. The van der Waals surface area contributed by atoms with Crippen LogP contribution in [0.1, 0.15) is 55.6 Å². The Labute approximate surface area is 400 Å². The van der Waals surface area contributed by atoms with E-state index < -0.39 is 9.85 Å². The Balaban J connectivity index is 0.000000153. The zero-order valence-electron chi connectivity index (χ0n) is 39.1. The Morgan fingerprint density at radius 1 is 0.536 bits per heavy atom. The molecule has 0 unspecified atom stereocenters. The van der Waals surface area contributed by atoms with Gasteiger partial charge in [-0.05, 0) is 128 Å². The van der Waals surface area contributed by atoms with E-state index in [2.05, 4.69) is 37.5 Å². The summed E-state index contributed by atoms with van der Waals surface area (Å²) >= 11 is 0. The average Bonchev–Trinajstić information content (AvgIpc) is 4.10. The van der Waals surface area contributed by atoms with Gasteiger partial charge in [0.1, 0.15) is 41.1 Å². The van der Waals surface area contributed by atoms with E-state index in [1.54, 1.807) is 10.9 Å². The lowest BCUT2D eigenvalue weighted by Crippen LogP contribution is -2.34. The Morgan fingerprint density at radius 2 is 0.855 bits per heavy atom. The van der Waals surface area contributed by atoms with Crippen LogP contribution in [0.15, 0.2) is 110 Å². The molecule has 0 atom stereocenters. The van der Waals surface area contributed by atoms with Crippen LogP contribution in [0.3, 0.4) is 0 Å². The number of piperidine rings is 3. The van der Waals surface area contributed by atoms with Crippen molar-refractivity contribution in [1.82, 2.24) is 44.5 Å². The van der Waals surface area contributed by atoms with E-state index in [1.807, 2.05) is 98.0 Å². The van der Waals surface area contributed by atoms with E-state index in [-0.39, 0.29) is 70.7 Å². The summed E-state index contributed by atoms with van der Waals surface area (Å²) in [5.74, 6) is 0.438. The SMILES string of the molecule is CN1CCC(C(=O)Cc2nn(-c3ccccc3)cc2N)CC1.CN1CCC(C(=O)Cc2nn(-c3ccccc3)cc2[N+](=O)[O-])CC1.O=C(Cc1nn(-c2ccccc2)cc1[N+](=O)[O-])C1CCNCC1. The molecule has 0 saturated carbocycles. The van der Waals surface area contributed by atoms with E-state index >= 15 is 0 Å². The highest BCUT2D eigenvalue weighted by molar-refractivity contribution is 5.85. The molecule has 0 radical (unpaired) electrons. The van der Waals surface area contributed by atoms with E-state index in [0.29, 0.717) is 17.8 Å². The Hall–Kier alpha value is -7.22. The molecule has 3 aromatic heterocycles. The molecule has 6 aromatic rings. The van der Waals surface area contributed by atoms with Crippen LogP contribution in [0, 0.1) is 38.0 Å². The third kappa shape index (κ3) is 13.5. The number of hydrogen-bond acceptors (Lipinski definition) is 14. The fourth-order valence-corrected chi connectivity index (χ4v) is 8.79. The van der Waals surface area contributed by atoms with Crippen molar-refractivity contribution in [3.8, 4) is 17.1 Å². The molecule has 19 heteroatoms. The summed E-state index contributed by atoms with van der Waals surface area (Å²) in [5.41, 5.74) is 10.0. The Morgan fingerprint density at radius 3 is 1.22 bits per heavy atom. The summed E-state index contributed by atoms with van der Waals surface area (Å²) in [5, 5.41) is 38.8. The predicted molar refractivity (Wildman–Crippen MR) is 261 cm³/mol. The number of Topliss-reactive ketones (excluding diaryl/α,β-unsaturated/α-hetero) is 3. The van der Waals surface area contributed by atoms with Crippen LogP contribution in [0.5, 0.6) is 0 Å². The van der Waals surface area contributed by atoms with Gasteiger partial charge in [0.2, 0.25) is 0 Å². The number of nitrogens with one attached hydrogen (secondary N) is 1. The number of nitrogen functional groups attached to an aromatic ring is 1. The number of carbonyl (C=O) groups is 3. The van der Waals surface area contributed by atoms with Crippen LogP contribution < -0.4 is 11.1 Å². The van der Waals surface area contributed by atoms with Gasteiger partial charge < -0.3 is 20.9 Å². The average molecular weight is 941 g/mol. The lowest BCUT2D eigenvalue weighted by atomic mass is 9.90. The molecular formula is C50H60N12O7. The number of anilines is 1. The summed E-state index contributed by atoms with van der Waals surface area (Å²) < 4.78 is 4.67. The lowest BCUT2D eigenvalue weighted by molar-refractivity contribution is -0.385. The highest BCUT2D eigenvalue weighted by atomic mass is 16.6. The molecule has 6 heterocycles. The van der Waals surface area contributed by atoms with Crippen molar-refractivity contribution in [3.63, 3.8) is 0 Å². The minimum atomic E-state index is -0.475. The number of nitrogens with two attached hydrogens (primary N) is 1. The molecule has 3 aliphatic rings. The standard InChI is InChI=1S/C17H20N4O3.C17H22N4O.C16H18N4O3/c1-19-9-7-13(8-10-19)17(22)11-15-16(21(23)24)12-20(18-15)14-5-3-2-4-6-14;1-20-9-7-13(8-10-20)17(22)11-16-15(18)12-21(19-16)14-5-3-2-4-6-14;21-16(12-6-8-17-9-7-12)10-14-15(20(22)23)11-19(18-14)13-4-2-1-3-5-13/h2-6,12-13H,7-11H2,1H3;2-6,12-13H,7-11,18H2,1H3;1-5,11-12,17H,6-10H2. The Kier molecular flexibility index (Phi) is 17.0. The quantitative estimate of drug-likeness (QED) is 0.0937. The fraction of sp³-hybridized carbons (Fsp3) is 0.400. The normalized spacial score (nSPS) is 16.1. The maximum Gasteiger partial charge on any atom is 0.311 e. The van der Waals surface area contributed by atoms with Crippen molar-refractivity contribution in [1.29, 1.82) is 0 Å². The van der Waals surface area contributed by atoms with Crippen molar-refractivity contribution in [2.75, 3.05) is 59.1 Å². The summed E-state index contributed by atoms with van der Waals surface area (Å²) in [6, 6.07) is 28.2. The Bertz CT molecular complexity index is 2660. The molecule has 3 saturated heterocycles. The fourth-order valence-electron chi connectivity index (χ4n) is 8.79. The first kappa shape index (κ1) is 49.7. The second-order valence-corrected chi connectivity index (χ2v) is 17.9. The molecule has 19 nitrogen and oxygen atoms in total. The second kappa shape index (κ2) is 23.7. The third-order valence-electron chi connectivity index (χ3n) is 13.0. The molecule has 3 aromatic carbocycles. The number of hydrogen-bond donors (Lipinski definition) is 2. The number of benzene rings is 3. The van der Waals surface area contributed by atoms with Gasteiger partial charge >= 0.3 is 11.4 Å². The predicted octanol–water partition coefficient (Wildman–Crippen LogP) is 6.03. The zero-order chi connectivity index (χ0) is 48.9. The van der Waals surface area contributed by atoms with Crippen molar-refractivity contribution < 1.29 is 24.2 Å². The smallest absolute Gasteiger partial charge is 0.311 e. The van der Waals surface area contributed by atoms with Gasteiger partial charge in [-0.15, -0.1) is 0 Å². The molecule has 9 rings (SSSR count). The summed E-state index contributed by atoms with van der Waals surface area (Å²) in [6.07, 6.45) is 9.97. The zero-order valence-corrected chi connectivity index (χ0v) is 39.1. The van der Waals surface area contributed by atoms with Crippen LogP contribution in [0.2, 0.25) is 0 Å². The minimum Gasteiger partial charge on any atom is -0.396 e. The minimum absolute atomic E-state index is 0.0147. The monoisotopic (exact) mass is 940 g/mol. The van der Waals surface area contributed by atoms with Gasteiger partial charge in [-0.3, -0.25) is 34.6 Å². The van der Waals surface area contributed by atoms with E-state index in [1.165, 1.54) is 21.8 Å². The largest absolute Gasteiger partial charge is 0.396 e. The summed E-state index contributed by atoms with van der Waals surface area (Å²) in [6.45, 7) is 5.39. The highest BCUT2D eigenvalue weighted by Crippen LogP contribution is 2.26. The van der Waals surface area contributed by atoms with E-state index in [0.717, 1.165) is 94.9 Å². The van der Waals surface area contributed by atoms with Gasteiger partial charge in [0.15, 0.2) is 0 Å². The number of aromatic nitrogens is 6. The number of nitro groups is 2. The van der Waals surface area contributed by atoms with Crippen LogP contribution >= 0.6 is 0 Å². The summed E-state index contributed by atoms with van der Waals surface area (Å²) in [4.78, 5) is 63.4. The van der Waals surface area contributed by atoms with Gasteiger partial charge in [0.05, 0.1) is 63.7 Å². The molecule has 69 heavy (non-hydrogen) atoms. The molecule has 0 spiro atoms. The van der Waals surface area contributed by atoms with E-state index in [4.69, 9.17) is 5.73 Å². The maximum atomic E-state index is 12.5. The third-order valence-corrected chi connectivity index (χ3v) is 13.0. The second-order valence-electron chi connectivity index (χ2n) is 17.9. The number of carbonyl (C=O) groups excluding carboxylic acids is 3. The van der Waals surface area contributed by atoms with Crippen LogP contribution in [0.25, 0.3) is 17.1 Å². The molecule has 0 aliphatic carbocycles. The van der Waals surface area contributed by atoms with Crippen LogP contribution in [-0.4, -0.2) is 120 Å². The molecular weight excluding hydrogens is 881 g/mol.